The number of aliphatic hydroxyl groups is 1. The zero-order chi connectivity index (χ0) is 92.2. The van der Waals surface area contributed by atoms with Crippen LogP contribution in [0.15, 0.2) is 201 Å². The van der Waals surface area contributed by atoms with Gasteiger partial charge in [-0.1, -0.05) is 114 Å². The summed E-state index contributed by atoms with van der Waals surface area (Å²) in [7, 11) is 5.07. The number of aromatic nitrogens is 18. The molecule has 0 saturated heterocycles. The predicted molar refractivity (Wildman–Crippen MR) is 531 cm³/mol. The Morgan fingerprint density at radius 1 is 0.422 bits per heavy atom. The van der Waals surface area contributed by atoms with Gasteiger partial charge in [0.1, 0.15) is 52.8 Å². The zero-order valence-corrected chi connectivity index (χ0v) is 76.6. The molecule has 11 aromatic heterocycles. The molecule has 30 nitrogen and oxygen atoms in total. The SMILES string of the molecule is CNC(=O)c1ccc(Nc2nc(OC3CCCC3)c3c(-c4ccc(CO)cc4)c[nH]c3n2)c(OC)c1.Cc1ccc(-c2c[nH]c3nc(Nc4cc5cn[nH]c5cc4C)nc(OC4CCCC4)c23)cc1.Cc1ccc(-c2c[nH]c3nc(Nc4ccc5[nH]ncc5c4C)nc(OC4CCCC4)c23)cc1.Cc1ccc(-c2c[nH]c3nc(Nc4ccc5c(cnn5C)c4)nc(OC4CCCC4)c23)cc1. The van der Waals surface area contributed by atoms with E-state index in [2.05, 4.69) is 198 Å². The van der Waals surface area contributed by atoms with Gasteiger partial charge in [-0.3, -0.25) is 19.7 Å². The van der Waals surface area contributed by atoms with Gasteiger partial charge >= 0.3 is 0 Å². The predicted octanol–water partition coefficient (Wildman–Crippen LogP) is 22.8. The van der Waals surface area contributed by atoms with Crippen molar-refractivity contribution < 1.29 is 33.6 Å². The second kappa shape index (κ2) is 38.6. The molecule has 0 atom stereocenters. The molecule has 0 bridgehead atoms. The lowest BCUT2D eigenvalue weighted by molar-refractivity contribution is 0.0962. The first-order valence-electron chi connectivity index (χ1n) is 46.4. The van der Waals surface area contributed by atoms with E-state index < -0.39 is 0 Å². The highest BCUT2D eigenvalue weighted by Crippen LogP contribution is 2.44. The lowest BCUT2D eigenvalue weighted by Gasteiger charge is -2.16. The lowest BCUT2D eigenvalue weighted by Crippen LogP contribution is -2.17. The molecule has 0 aliphatic heterocycles. The molecule has 0 unspecified atom stereocenters. The van der Waals surface area contributed by atoms with E-state index in [1.807, 2.05) is 104 Å². The van der Waals surface area contributed by atoms with Crippen LogP contribution in [0.5, 0.6) is 29.3 Å². The molecule has 0 spiro atoms. The number of carbonyl (C=O) groups excluding carboxylic acids is 1. The molecule has 4 aliphatic carbocycles. The van der Waals surface area contributed by atoms with E-state index in [9.17, 15) is 9.90 Å². The van der Waals surface area contributed by atoms with Crippen LogP contribution in [0.3, 0.4) is 0 Å². The maximum atomic E-state index is 12.0. The number of hydrogen-bond acceptors (Lipinski definition) is 22. The zero-order valence-electron chi connectivity index (χ0n) is 76.6. The summed E-state index contributed by atoms with van der Waals surface area (Å²) < 4.78 is 33.2. The van der Waals surface area contributed by atoms with Crippen LogP contribution >= 0.6 is 0 Å². The van der Waals surface area contributed by atoms with Gasteiger partial charge in [0, 0.05) is 99.9 Å². The number of aliphatic hydroxyl groups excluding tert-OH is 1. The number of benzene rings is 8. The largest absolute Gasteiger partial charge is 0.495 e. The van der Waals surface area contributed by atoms with Crippen molar-refractivity contribution in [3.63, 3.8) is 0 Å². The molecular formula is C105H107N23O7. The summed E-state index contributed by atoms with van der Waals surface area (Å²) in [4.78, 5) is 63.7. The Kier molecular flexibility index (Phi) is 25.0. The average Bonchev–Trinajstić information content (AvgIpc) is 1.64. The van der Waals surface area contributed by atoms with Gasteiger partial charge in [-0.15, -0.1) is 0 Å². The molecule has 11 heterocycles. The van der Waals surface area contributed by atoms with Crippen molar-refractivity contribution >= 4 is 129 Å². The maximum absolute atomic E-state index is 12.0. The smallest absolute Gasteiger partial charge is 0.251 e. The fourth-order valence-corrected chi connectivity index (χ4v) is 18.5. The summed E-state index contributed by atoms with van der Waals surface area (Å²) in [5, 5.41) is 50.8. The minimum atomic E-state index is -0.198. The third-order valence-corrected chi connectivity index (χ3v) is 26.0. The molecule has 135 heavy (non-hydrogen) atoms. The monoisotopic (exact) mass is 1800 g/mol. The van der Waals surface area contributed by atoms with Crippen molar-refractivity contribution in [3.05, 3.63) is 240 Å². The summed E-state index contributed by atoms with van der Waals surface area (Å²) >= 11 is 0. The Morgan fingerprint density at radius 2 is 0.830 bits per heavy atom. The molecule has 12 N–H and O–H groups in total. The van der Waals surface area contributed by atoms with Gasteiger partial charge in [0.15, 0.2) is 0 Å². The summed E-state index contributed by atoms with van der Waals surface area (Å²) in [5.41, 5.74) is 25.1. The first-order valence-corrected chi connectivity index (χ1v) is 46.4. The fourth-order valence-electron chi connectivity index (χ4n) is 18.5. The number of nitrogens with zero attached hydrogens (tertiary/aromatic N) is 12. The van der Waals surface area contributed by atoms with Crippen LogP contribution in [0.1, 0.15) is 146 Å². The topological polar surface area (TPSA) is 385 Å². The van der Waals surface area contributed by atoms with Crippen LogP contribution < -0.4 is 50.3 Å². The molecule has 4 saturated carbocycles. The number of amides is 1. The second-order valence-corrected chi connectivity index (χ2v) is 35.4. The molecule has 30 heteroatoms. The standard InChI is InChI=1S/C27H29N5O4.3C26H26N6O/c1-28-25(34)18-11-12-21(22(13-18)35-2)30-27-31-24-23(26(32-27)36-19-5-3-4-6-19)20(14-29-24)17-9-7-16(15-33)8-10-17;1-15-7-9-17(10-8-15)20-14-27-24-23(20)25(33-19-5-3-4-6-19)31-26(30-24)29-21-12-18-13-28-32-22(18)11-16(21)2;1-16-7-9-17(10-8-16)21-15-27-24-23(21)25(33-20-5-3-4-6-20)31-26(30-24)29-19-11-12-22-18(13-19)14-28-32(22)2;1-15-7-9-17(10-8-15)20-13-27-24-23(20)25(33-18-5-3-4-6-18)31-26(30-24)29-21-11-12-22-19(16(21)2)14-28-32-22/h7-14,19,33H,3-6,15H2,1-2H3,(H,28,34)(H2,29,30,31,32);7-14,19H,3-6H2,1-2H3,(H,28,32)(H2,27,29,30,31);7-15,20H,3-6H2,1-2H3,(H2,27,29,30,31);7-14,18H,3-6H2,1-2H3,(H,28,32)(H2,27,29,30,31). The normalized spacial score (nSPS) is 14.2. The van der Waals surface area contributed by atoms with Crippen molar-refractivity contribution in [1.29, 1.82) is 0 Å². The third-order valence-electron chi connectivity index (χ3n) is 26.0. The van der Waals surface area contributed by atoms with E-state index in [1.54, 1.807) is 32.4 Å². The number of ether oxygens (including phenoxy) is 5. The van der Waals surface area contributed by atoms with Gasteiger partial charge in [0.05, 0.1) is 76.1 Å². The average molecular weight is 1800 g/mol. The summed E-state index contributed by atoms with van der Waals surface area (Å²) in [6.07, 6.45) is 32.0. The van der Waals surface area contributed by atoms with Gasteiger partial charge in [-0.05, 0) is 237 Å². The van der Waals surface area contributed by atoms with Crippen LogP contribution in [0.2, 0.25) is 0 Å². The molecular weight excluding hydrogens is 1700 g/mol. The summed E-state index contributed by atoms with van der Waals surface area (Å²) in [6.45, 7) is 10.4. The van der Waals surface area contributed by atoms with Crippen molar-refractivity contribution in [3.8, 4) is 73.8 Å². The van der Waals surface area contributed by atoms with Gasteiger partial charge in [-0.2, -0.15) is 55.2 Å². The van der Waals surface area contributed by atoms with Crippen molar-refractivity contribution in [2.45, 2.75) is 168 Å². The highest BCUT2D eigenvalue weighted by atomic mass is 16.5. The van der Waals surface area contributed by atoms with E-state index in [0.29, 0.717) is 70.0 Å². The number of rotatable bonds is 23. The quantitative estimate of drug-likeness (QED) is 0.0283. The number of aromatic amines is 6. The number of H-pyrrole nitrogens is 6. The number of fused-ring (bicyclic) bond motifs is 7. The van der Waals surface area contributed by atoms with Crippen molar-refractivity contribution in [2.75, 3.05) is 35.4 Å². The minimum absolute atomic E-state index is 0.00406. The molecule has 19 aromatic rings. The van der Waals surface area contributed by atoms with Crippen LogP contribution in [-0.4, -0.2) is 140 Å². The summed E-state index contributed by atoms with van der Waals surface area (Å²) in [5.74, 6) is 4.59. The Labute approximate surface area is 778 Å². The highest BCUT2D eigenvalue weighted by Gasteiger charge is 2.30. The van der Waals surface area contributed by atoms with Crippen molar-refractivity contribution in [2.24, 2.45) is 7.05 Å². The molecule has 8 aromatic carbocycles. The van der Waals surface area contributed by atoms with E-state index in [4.69, 9.17) is 63.6 Å². The number of hydrogen-bond donors (Lipinski definition) is 12. The van der Waals surface area contributed by atoms with Crippen LogP contribution in [-0.2, 0) is 13.7 Å². The first-order chi connectivity index (χ1) is 66.0. The fraction of sp³-hybridized carbons (Fsp3) is 0.276. The van der Waals surface area contributed by atoms with Gasteiger partial charge in [0.25, 0.3) is 5.91 Å². The Bertz CT molecular complexity index is 7330. The molecule has 0 radical (unpaired) electrons. The highest BCUT2D eigenvalue weighted by molar-refractivity contribution is 6.02. The number of carbonyl (C=O) groups is 1. The first kappa shape index (κ1) is 87.3. The van der Waals surface area contributed by atoms with Crippen LogP contribution in [0.4, 0.5) is 46.5 Å². The van der Waals surface area contributed by atoms with Crippen LogP contribution in [0.25, 0.3) is 121 Å². The Morgan fingerprint density at radius 3 is 1.27 bits per heavy atom. The molecule has 23 rings (SSSR count). The van der Waals surface area contributed by atoms with E-state index >= 15 is 0 Å². The summed E-state index contributed by atoms with van der Waals surface area (Å²) in [6, 6.07) is 52.7. The molecule has 4 fully saturated rings. The second-order valence-electron chi connectivity index (χ2n) is 35.4. The Balaban J connectivity index is 0.000000112. The third kappa shape index (κ3) is 19.0. The van der Waals surface area contributed by atoms with Crippen LogP contribution in [0, 0.1) is 34.6 Å². The lowest BCUT2D eigenvalue weighted by atomic mass is 10.0. The van der Waals surface area contributed by atoms with Gasteiger partial charge < -0.3 is 75.3 Å². The number of methoxy groups -OCH3 is 1. The van der Waals surface area contributed by atoms with Crippen molar-refractivity contribution in [1.82, 2.24) is 95.3 Å². The van der Waals surface area contributed by atoms with Gasteiger partial charge in [0.2, 0.25) is 47.3 Å². The molecule has 684 valence electrons. The minimum Gasteiger partial charge on any atom is -0.495 e. The molecule has 4 aliphatic rings. The number of anilines is 8. The van der Waals surface area contributed by atoms with Gasteiger partial charge in [-0.25, -0.2) is 0 Å². The Hall–Kier alpha value is -15.7. The number of aryl methyl sites for hydroxylation is 6. The number of nitrogens with one attached hydrogen (secondary N) is 11. The van der Waals surface area contributed by atoms with E-state index in [-0.39, 0.29) is 36.9 Å². The van der Waals surface area contributed by atoms with E-state index in [0.717, 1.165) is 214 Å². The van der Waals surface area contributed by atoms with E-state index in [1.165, 1.54) is 55.2 Å². The maximum Gasteiger partial charge on any atom is 0.251 e. The molecule has 1 amide bonds.